The monoisotopic (exact) mass is 351 g/mol. The van der Waals surface area contributed by atoms with Gasteiger partial charge in [0.15, 0.2) is 11.0 Å². The summed E-state index contributed by atoms with van der Waals surface area (Å²) in [5.74, 6) is 1.96. The molecule has 24 heavy (non-hydrogen) atoms. The molecule has 1 atom stereocenters. The fourth-order valence-electron chi connectivity index (χ4n) is 2.74. The van der Waals surface area contributed by atoms with Crippen LogP contribution >= 0.6 is 11.8 Å². The van der Waals surface area contributed by atoms with Crippen molar-refractivity contribution in [1.29, 1.82) is 0 Å². The fraction of sp³-hybridized carbons (Fsp3) is 0.529. The first-order chi connectivity index (χ1) is 11.7. The van der Waals surface area contributed by atoms with E-state index in [-0.39, 0.29) is 6.61 Å². The van der Waals surface area contributed by atoms with E-state index < -0.39 is 0 Å². The van der Waals surface area contributed by atoms with Gasteiger partial charge in [-0.1, -0.05) is 36.9 Å². The van der Waals surface area contributed by atoms with Gasteiger partial charge in [-0.2, -0.15) is 0 Å². The maximum absolute atomic E-state index is 8.85. The summed E-state index contributed by atoms with van der Waals surface area (Å²) < 4.78 is 2.19. The molecule has 0 saturated heterocycles. The number of aliphatic hydroxyl groups is 1. The SMILES string of the molecule is CC[C@@H](c1nnc(SCC[NH2+]CCO)n1-c1ccccc1)[NH+](C)C. The summed E-state index contributed by atoms with van der Waals surface area (Å²) in [4.78, 5) is 1.36. The molecule has 1 aromatic heterocycles. The molecule has 1 aromatic carbocycles. The highest BCUT2D eigenvalue weighted by molar-refractivity contribution is 7.99. The largest absolute Gasteiger partial charge is 0.391 e. The number of aliphatic hydroxyl groups excluding tert-OH is 1. The number of rotatable bonds is 10. The first-order valence-corrected chi connectivity index (χ1v) is 9.53. The predicted molar refractivity (Wildman–Crippen MR) is 96.7 cm³/mol. The molecule has 7 heteroatoms. The lowest BCUT2D eigenvalue weighted by Gasteiger charge is -2.20. The lowest BCUT2D eigenvalue weighted by atomic mass is 10.2. The molecule has 0 unspecified atom stereocenters. The van der Waals surface area contributed by atoms with Crippen molar-refractivity contribution in [1.82, 2.24) is 14.8 Å². The van der Waals surface area contributed by atoms with Gasteiger partial charge in [0.2, 0.25) is 0 Å². The van der Waals surface area contributed by atoms with E-state index in [1.807, 2.05) is 18.2 Å². The third-order valence-electron chi connectivity index (χ3n) is 3.98. The topological polar surface area (TPSA) is 72.0 Å². The van der Waals surface area contributed by atoms with Gasteiger partial charge >= 0.3 is 0 Å². The van der Waals surface area contributed by atoms with Crippen molar-refractivity contribution in [2.75, 3.05) is 39.5 Å². The van der Waals surface area contributed by atoms with E-state index in [4.69, 9.17) is 5.11 Å². The van der Waals surface area contributed by atoms with Crippen LogP contribution in [0.2, 0.25) is 0 Å². The summed E-state index contributed by atoms with van der Waals surface area (Å²) in [7, 11) is 4.32. The van der Waals surface area contributed by atoms with Gasteiger partial charge in [-0.05, 0) is 12.1 Å². The van der Waals surface area contributed by atoms with Crippen LogP contribution in [0.5, 0.6) is 0 Å². The molecule has 0 aliphatic carbocycles. The number of para-hydroxylation sites is 1. The van der Waals surface area contributed by atoms with E-state index in [1.165, 1.54) is 4.90 Å². The van der Waals surface area contributed by atoms with Crippen molar-refractivity contribution in [3.63, 3.8) is 0 Å². The number of thioether (sulfide) groups is 1. The van der Waals surface area contributed by atoms with Crippen molar-refractivity contribution in [3.05, 3.63) is 36.2 Å². The zero-order chi connectivity index (χ0) is 17.4. The van der Waals surface area contributed by atoms with Crippen molar-refractivity contribution < 1.29 is 15.3 Å². The maximum Gasteiger partial charge on any atom is 0.196 e. The highest BCUT2D eigenvalue weighted by Gasteiger charge is 2.25. The highest BCUT2D eigenvalue weighted by atomic mass is 32.2. The molecule has 132 valence electrons. The zero-order valence-corrected chi connectivity index (χ0v) is 15.6. The molecular formula is C17H29N5OS+2. The summed E-state index contributed by atoms with van der Waals surface area (Å²) in [6.07, 6.45) is 1.02. The molecule has 0 amide bonds. The van der Waals surface area contributed by atoms with Gasteiger partial charge in [0, 0.05) is 12.1 Å². The summed E-state index contributed by atoms with van der Waals surface area (Å²) in [6, 6.07) is 10.6. The molecule has 0 fully saturated rings. The Morgan fingerprint density at radius 2 is 1.96 bits per heavy atom. The number of hydrogen-bond donors (Lipinski definition) is 3. The van der Waals surface area contributed by atoms with Crippen LogP contribution in [0.25, 0.3) is 5.69 Å². The summed E-state index contributed by atoms with van der Waals surface area (Å²) in [6.45, 7) is 4.12. The molecule has 0 spiro atoms. The molecule has 0 saturated carbocycles. The number of aromatic nitrogens is 3. The van der Waals surface area contributed by atoms with E-state index in [9.17, 15) is 0 Å². The Bertz CT molecular complexity index is 602. The van der Waals surface area contributed by atoms with Crippen LogP contribution < -0.4 is 10.2 Å². The van der Waals surface area contributed by atoms with Gasteiger partial charge in [0.1, 0.15) is 6.04 Å². The summed E-state index contributed by atoms with van der Waals surface area (Å²) >= 11 is 1.72. The minimum atomic E-state index is 0.221. The van der Waals surface area contributed by atoms with E-state index in [0.717, 1.165) is 41.9 Å². The van der Waals surface area contributed by atoms with Gasteiger partial charge in [-0.25, -0.2) is 0 Å². The van der Waals surface area contributed by atoms with Gasteiger partial charge in [-0.3, -0.25) is 4.57 Å². The van der Waals surface area contributed by atoms with Crippen LogP contribution in [0.3, 0.4) is 0 Å². The Balaban J connectivity index is 2.26. The molecule has 0 bridgehead atoms. The highest BCUT2D eigenvalue weighted by Crippen LogP contribution is 2.24. The van der Waals surface area contributed by atoms with Crippen molar-refractivity contribution in [2.24, 2.45) is 0 Å². The summed E-state index contributed by atoms with van der Waals surface area (Å²) in [5.41, 5.74) is 1.11. The van der Waals surface area contributed by atoms with Gasteiger partial charge in [-0.15, -0.1) is 10.2 Å². The number of nitrogens with zero attached hydrogens (tertiary/aromatic N) is 3. The fourth-order valence-corrected chi connectivity index (χ4v) is 3.63. The third-order valence-corrected chi connectivity index (χ3v) is 4.94. The van der Waals surface area contributed by atoms with E-state index in [1.54, 1.807) is 11.8 Å². The minimum absolute atomic E-state index is 0.221. The lowest BCUT2D eigenvalue weighted by Crippen LogP contribution is -3.06. The van der Waals surface area contributed by atoms with Gasteiger partial charge in [0.05, 0.1) is 39.5 Å². The first kappa shape index (κ1) is 18.9. The minimum Gasteiger partial charge on any atom is -0.391 e. The van der Waals surface area contributed by atoms with Crippen LogP contribution in [0.4, 0.5) is 0 Å². The third kappa shape index (κ3) is 4.80. The van der Waals surface area contributed by atoms with E-state index >= 15 is 0 Å². The van der Waals surface area contributed by atoms with Crippen LogP contribution in [-0.4, -0.2) is 59.4 Å². The quantitative estimate of drug-likeness (QED) is 0.399. The van der Waals surface area contributed by atoms with E-state index in [0.29, 0.717) is 6.04 Å². The van der Waals surface area contributed by atoms with Crippen molar-refractivity contribution in [2.45, 2.75) is 24.5 Å². The van der Waals surface area contributed by atoms with Gasteiger partial charge < -0.3 is 15.3 Å². The maximum atomic E-state index is 8.85. The Morgan fingerprint density at radius 1 is 1.21 bits per heavy atom. The Kier molecular flexibility index (Phi) is 7.71. The normalized spacial score (nSPS) is 12.7. The standard InChI is InChI=1S/C17H27N5OS/c1-4-15(21(2)3)16-19-20-17(24-13-11-18-10-12-23)22(16)14-8-6-5-7-9-14/h5-9,15,18,23H,4,10-13H2,1-3H3/p+2/t15-/m0/s1. The molecule has 2 rings (SSSR count). The predicted octanol–water partition coefficient (Wildman–Crippen LogP) is -0.489. The number of hydrogen-bond acceptors (Lipinski definition) is 4. The average Bonchev–Trinajstić information content (AvgIpc) is 2.99. The molecule has 2 aromatic rings. The zero-order valence-electron chi connectivity index (χ0n) is 14.8. The Morgan fingerprint density at radius 3 is 2.58 bits per heavy atom. The molecule has 6 nitrogen and oxygen atoms in total. The lowest BCUT2D eigenvalue weighted by molar-refractivity contribution is -0.893. The van der Waals surface area contributed by atoms with Crippen molar-refractivity contribution >= 4 is 11.8 Å². The second kappa shape index (κ2) is 9.78. The second-order valence-electron chi connectivity index (χ2n) is 5.99. The molecule has 1 heterocycles. The Labute approximate surface area is 148 Å². The molecular weight excluding hydrogens is 322 g/mol. The van der Waals surface area contributed by atoms with Crippen LogP contribution in [0, 0.1) is 0 Å². The van der Waals surface area contributed by atoms with Crippen molar-refractivity contribution in [3.8, 4) is 5.69 Å². The number of nitrogens with one attached hydrogen (secondary N) is 1. The molecule has 0 aliphatic rings. The smallest absolute Gasteiger partial charge is 0.196 e. The molecule has 4 N–H and O–H groups in total. The van der Waals surface area contributed by atoms with Crippen LogP contribution in [0.15, 0.2) is 35.5 Å². The van der Waals surface area contributed by atoms with Gasteiger partial charge in [0.25, 0.3) is 0 Å². The number of nitrogens with two attached hydrogens (primary N) is 1. The Hall–Kier alpha value is -1.41. The molecule has 0 aliphatic heterocycles. The first-order valence-electron chi connectivity index (χ1n) is 8.55. The van der Waals surface area contributed by atoms with E-state index in [2.05, 4.69) is 53.2 Å². The number of quaternary nitrogens is 2. The molecule has 0 radical (unpaired) electrons. The number of benzene rings is 1. The average molecular weight is 352 g/mol. The van der Waals surface area contributed by atoms with Crippen LogP contribution in [-0.2, 0) is 0 Å². The summed E-state index contributed by atoms with van der Waals surface area (Å²) in [5, 5.41) is 20.9. The van der Waals surface area contributed by atoms with Crippen LogP contribution in [0.1, 0.15) is 25.2 Å². The second-order valence-corrected chi connectivity index (χ2v) is 7.05.